The van der Waals surface area contributed by atoms with Gasteiger partial charge in [-0.05, 0) is 56.5 Å². The predicted molar refractivity (Wildman–Crippen MR) is 71.2 cm³/mol. The van der Waals surface area contributed by atoms with E-state index < -0.39 is 0 Å². The number of pyridine rings is 1. The number of aromatic nitrogens is 1. The molecule has 1 aliphatic rings. The summed E-state index contributed by atoms with van der Waals surface area (Å²) in [5.41, 5.74) is 1.30. The van der Waals surface area contributed by atoms with Crippen molar-refractivity contribution in [3.63, 3.8) is 0 Å². The Morgan fingerprint density at radius 2 is 2.06 bits per heavy atom. The maximum Gasteiger partial charge on any atom is 0.220 e. The SMILES string of the molecule is O=C(CCCNCCc1ccncc1)NC1CC1. The zero-order valence-electron chi connectivity index (χ0n) is 10.7. The van der Waals surface area contributed by atoms with Gasteiger partial charge in [0, 0.05) is 24.9 Å². The van der Waals surface area contributed by atoms with E-state index in [4.69, 9.17) is 0 Å². The zero-order chi connectivity index (χ0) is 12.6. The fourth-order valence-corrected chi connectivity index (χ4v) is 1.81. The fourth-order valence-electron chi connectivity index (χ4n) is 1.81. The quantitative estimate of drug-likeness (QED) is 0.680. The molecule has 18 heavy (non-hydrogen) atoms. The number of carbonyl (C=O) groups is 1. The molecule has 0 aromatic carbocycles. The van der Waals surface area contributed by atoms with E-state index in [1.165, 1.54) is 5.56 Å². The molecule has 0 unspecified atom stereocenters. The van der Waals surface area contributed by atoms with Crippen molar-refractivity contribution in [1.82, 2.24) is 15.6 Å². The molecule has 2 rings (SSSR count). The fraction of sp³-hybridized carbons (Fsp3) is 0.571. The number of nitrogens with zero attached hydrogens (tertiary/aromatic N) is 1. The molecule has 1 heterocycles. The lowest BCUT2D eigenvalue weighted by atomic mass is 10.2. The molecule has 1 saturated carbocycles. The first-order chi connectivity index (χ1) is 8.84. The van der Waals surface area contributed by atoms with Crippen LogP contribution >= 0.6 is 0 Å². The van der Waals surface area contributed by atoms with Crippen molar-refractivity contribution in [2.45, 2.75) is 38.1 Å². The second kappa shape index (κ2) is 7.11. The van der Waals surface area contributed by atoms with Gasteiger partial charge in [-0.2, -0.15) is 0 Å². The van der Waals surface area contributed by atoms with Gasteiger partial charge in [0.1, 0.15) is 0 Å². The average Bonchev–Trinajstić information content (AvgIpc) is 3.19. The first kappa shape index (κ1) is 13.0. The smallest absolute Gasteiger partial charge is 0.220 e. The average molecular weight is 247 g/mol. The van der Waals surface area contributed by atoms with Gasteiger partial charge in [0.25, 0.3) is 0 Å². The Morgan fingerprint density at radius 3 is 2.78 bits per heavy atom. The lowest BCUT2D eigenvalue weighted by Crippen LogP contribution is -2.26. The number of hydrogen-bond donors (Lipinski definition) is 2. The van der Waals surface area contributed by atoms with E-state index in [0.29, 0.717) is 12.5 Å². The van der Waals surface area contributed by atoms with E-state index >= 15 is 0 Å². The van der Waals surface area contributed by atoms with Crippen LogP contribution in [0.1, 0.15) is 31.2 Å². The van der Waals surface area contributed by atoms with Crippen molar-refractivity contribution in [2.75, 3.05) is 13.1 Å². The molecular formula is C14H21N3O. The standard InChI is InChI=1S/C14H21N3O/c18-14(17-13-3-4-13)2-1-8-15-9-5-12-6-10-16-11-7-12/h6-7,10-11,13,15H,1-5,8-9H2,(H,17,18). The second-order valence-electron chi connectivity index (χ2n) is 4.80. The number of carbonyl (C=O) groups excluding carboxylic acids is 1. The Balaban J connectivity index is 1.45. The normalized spacial score (nSPS) is 14.4. The van der Waals surface area contributed by atoms with E-state index in [2.05, 4.69) is 15.6 Å². The number of hydrogen-bond acceptors (Lipinski definition) is 3. The summed E-state index contributed by atoms with van der Waals surface area (Å²) >= 11 is 0. The van der Waals surface area contributed by atoms with Crippen LogP contribution in [0.5, 0.6) is 0 Å². The van der Waals surface area contributed by atoms with E-state index in [9.17, 15) is 4.79 Å². The molecule has 0 saturated heterocycles. The molecule has 0 spiro atoms. The van der Waals surface area contributed by atoms with Gasteiger partial charge in [-0.25, -0.2) is 0 Å². The highest BCUT2D eigenvalue weighted by Crippen LogP contribution is 2.18. The van der Waals surface area contributed by atoms with Gasteiger partial charge in [-0.1, -0.05) is 0 Å². The second-order valence-corrected chi connectivity index (χ2v) is 4.80. The Hall–Kier alpha value is -1.42. The Morgan fingerprint density at radius 1 is 1.28 bits per heavy atom. The molecule has 1 aliphatic carbocycles. The van der Waals surface area contributed by atoms with Gasteiger partial charge in [-0.3, -0.25) is 9.78 Å². The molecular weight excluding hydrogens is 226 g/mol. The van der Waals surface area contributed by atoms with Crippen molar-refractivity contribution in [3.8, 4) is 0 Å². The van der Waals surface area contributed by atoms with Crippen LogP contribution < -0.4 is 10.6 Å². The van der Waals surface area contributed by atoms with Crippen LogP contribution in [0.4, 0.5) is 0 Å². The minimum atomic E-state index is 0.202. The first-order valence-electron chi connectivity index (χ1n) is 6.73. The molecule has 4 nitrogen and oxygen atoms in total. The monoisotopic (exact) mass is 247 g/mol. The van der Waals surface area contributed by atoms with Gasteiger partial charge in [0.2, 0.25) is 5.91 Å². The van der Waals surface area contributed by atoms with Crippen LogP contribution in [0.25, 0.3) is 0 Å². The molecule has 1 amide bonds. The summed E-state index contributed by atoms with van der Waals surface area (Å²) in [6.07, 6.45) is 8.52. The van der Waals surface area contributed by atoms with Crippen LogP contribution in [-0.2, 0) is 11.2 Å². The minimum Gasteiger partial charge on any atom is -0.353 e. The van der Waals surface area contributed by atoms with E-state index in [0.717, 1.165) is 38.8 Å². The van der Waals surface area contributed by atoms with Gasteiger partial charge in [0.05, 0.1) is 0 Å². The first-order valence-corrected chi connectivity index (χ1v) is 6.73. The highest BCUT2D eigenvalue weighted by molar-refractivity contribution is 5.76. The molecule has 1 aromatic rings. The maximum atomic E-state index is 11.4. The maximum absolute atomic E-state index is 11.4. The Kier molecular flexibility index (Phi) is 5.15. The lowest BCUT2D eigenvalue weighted by molar-refractivity contribution is -0.121. The molecule has 98 valence electrons. The highest BCUT2D eigenvalue weighted by Gasteiger charge is 2.22. The molecule has 0 radical (unpaired) electrons. The van der Waals surface area contributed by atoms with Crippen LogP contribution in [0.3, 0.4) is 0 Å². The van der Waals surface area contributed by atoms with Crippen molar-refractivity contribution < 1.29 is 4.79 Å². The molecule has 0 aliphatic heterocycles. The third-order valence-electron chi connectivity index (χ3n) is 3.04. The van der Waals surface area contributed by atoms with Crippen molar-refractivity contribution >= 4 is 5.91 Å². The number of rotatable bonds is 8. The Bertz CT molecular complexity index is 363. The third kappa shape index (κ3) is 5.27. The van der Waals surface area contributed by atoms with Gasteiger partial charge < -0.3 is 10.6 Å². The summed E-state index contributed by atoms with van der Waals surface area (Å²) in [6, 6.07) is 4.55. The lowest BCUT2D eigenvalue weighted by Gasteiger charge is -2.05. The van der Waals surface area contributed by atoms with Crippen molar-refractivity contribution in [2.24, 2.45) is 0 Å². The van der Waals surface area contributed by atoms with Crippen molar-refractivity contribution in [3.05, 3.63) is 30.1 Å². The van der Waals surface area contributed by atoms with Crippen LogP contribution in [0, 0.1) is 0 Å². The van der Waals surface area contributed by atoms with Crippen LogP contribution in [-0.4, -0.2) is 30.0 Å². The summed E-state index contributed by atoms with van der Waals surface area (Å²) < 4.78 is 0. The van der Waals surface area contributed by atoms with E-state index in [1.807, 2.05) is 24.5 Å². The highest BCUT2D eigenvalue weighted by atomic mass is 16.1. The van der Waals surface area contributed by atoms with Crippen molar-refractivity contribution in [1.29, 1.82) is 0 Å². The van der Waals surface area contributed by atoms with E-state index in [-0.39, 0.29) is 5.91 Å². The number of amides is 1. The number of nitrogens with one attached hydrogen (secondary N) is 2. The molecule has 4 heteroatoms. The van der Waals surface area contributed by atoms with Crippen LogP contribution in [0.15, 0.2) is 24.5 Å². The summed E-state index contributed by atoms with van der Waals surface area (Å²) in [7, 11) is 0. The zero-order valence-corrected chi connectivity index (χ0v) is 10.7. The minimum absolute atomic E-state index is 0.202. The molecule has 0 bridgehead atoms. The molecule has 1 fully saturated rings. The molecule has 0 atom stereocenters. The summed E-state index contributed by atoms with van der Waals surface area (Å²) in [5.74, 6) is 0.202. The molecule has 1 aromatic heterocycles. The Labute approximate surface area is 108 Å². The van der Waals surface area contributed by atoms with Crippen LogP contribution in [0.2, 0.25) is 0 Å². The topological polar surface area (TPSA) is 54.0 Å². The van der Waals surface area contributed by atoms with Gasteiger partial charge >= 0.3 is 0 Å². The molecule has 2 N–H and O–H groups in total. The van der Waals surface area contributed by atoms with Gasteiger partial charge in [-0.15, -0.1) is 0 Å². The van der Waals surface area contributed by atoms with E-state index in [1.54, 1.807) is 0 Å². The van der Waals surface area contributed by atoms with Gasteiger partial charge in [0.15, 0.2) is 0 Å². The third-order valence-corrected chi connectivity index (χ3v) is 3.04. The predicted octanol–water partition coefficient (Wildman–Crippen LogP) is 1.27. The largest absolute Gasteiger partial charge is 0.353 e. The summed E-state index contributed by atoms with van der Waals surface area (Å²) in [5, 5.41) is 6.35. The summed E-state index contributed by atoms with van der Waals surface area (Å²) in [4.78, 5) is 15.4. The summed E-state index contributed by atoms with van der Waals surface area (Å²) in [6.45, 7) is 1.86.